The highest BCUT2D eigenvalue weighted by Gasteiger charge is 2.07. The fourth-order valence-electron chi connectivity index (χ4n) is 2.54. The summed E-state index contributed by atoms with van der Waals surface area (Å²) in [6.07, 6.45) is 4.67. The SMILES string of the molecule is Cc1cc(C)nc(NCCCC(=O)NCc2csc(-c3cccnc3)n2)n1. The minimum Gasteiger partial charge on any atom is -0.354 e. The molecule has 0 atom stereocenters. The van der Waals surface area contributed by atoms with E-state index in [1.165, 1.54) is 0 Å². The van der Waals surface area contributed by atoms with Crippen molar-refractivity contribution in [2.75, 3.05) is 11.9 Å². The van der Waals surface area contributed by atoms with E-state index in [1.807, 2.05) is 37.4 Å². The first-order valence-electron chi connectivity index (χ1n) is 8.78. The van der Waals surface area contributed by atoms with E-state index in [2.05, 4.69) is 30.6 Å². The summed E-state index contributed by atoms with van der Waals surface area (Å²) in [5.41, 5.74) is 3.70. The van der Waals surface area contributed by atoms with Gasteiger partial charge in [-0.25, -0.2) is 15.0 Å². The molecule has 0 aromatic carbocycles. The van der Waals surface area contributed by atoms with Gasteiger partial charge in [-0.15, -0.1) is 11.3 Å². The molecule has 0 aliphatic rings. The summed E-state index contributed by atoms with van der Waals surface area (Å²) in [5, 5.41) is 8.94. The first-order valence-corrected chi connectivity index (χ1v) is 9.66. The largest absolute Gasteiger partial charge is 0.354 e. The lowest BCUT2D eigenvalue weighted by atomic mass is 10.3. The molecule has 0 aliphatic heterocycles. The number of nitrogens with one attached hydrogen (secondary N) is 2. The molecular formula is C19H22N6OS. The van der Waals surface area contributed by atoms with Crippen LogP contribution in [0.2, 0.25) is 0 Å². The Balaban J connectivity index is 1.38. The number of hydrogen-bond acceptors (Lipinski definition) is 7. The van der Waals surface area contributed by atoms with Crippen molar-refractivity contribution < 1.29 is 4.79 Å². The van der Waals surface area contributed by atoms with E-state index in [4.69, 9.17) is 0 Å². The van der Waals surface area contributed by atoms with Crippen LogP contribution in [0, 0.1) is 13.8 Å². The smallest absolute Gasteiger partial charge is 0.223 e. The number of aryl methyl sites for hydroxylation is 2. The van der Waals surface area contributed by atoms with Gasteiger partial charge in [0.25, 0.3) is 0 Å². The van der Waals surface area contributed by atoms with E-state index in [0.29, 0.717) is 31.9 Å². The van der Waals surface area contributed by atoms with Crippen LogP contribution in [-0.2, 0) is 11.3 Å². The fourth-order valence-corrected chi connectivity index (χ4v) is 3.35. The lowest BCUT2D eigenvalue weighted by Gasteiger charge is -2.07. The lowest BCUT2D eigenvalue weighted by Crippen LogP contribution is -2.23. The topological polar surface area (TPSA) is 92.7 Å². The van der Waals surface area contributed by atoms with Gasteiger partial charge < -0.3 is 10.6 Å². The number of nitrogens with zero attached hydrogens (tertiary/aromatic N) is 4. The van der Waals surface area contributed by atoms with Crippen molar-refractivity contribution in [3.05, 3.63) is 53.1 Å². The summed E-state index contributed by atoms with van der Waals surface area (Å²) < 4.78 is 0. The van der Waals surface area contributed by atoms with Gasteiger partial charge in [0.05, 0.1) is 12.2 Å². The van der Waals surface area contributed by atoms with Crippen molar-refractivity contribution in [2.45, 2.75) is 33.2 Å². The number of hydrogen-bond donors (Lipinski definition) is 2. The molecule has 0 bridgehead atoms. The van der Waals surface area contributed by atoms with Gasteiger partial charge in [-0.2, -0.15) is 0 Å². The Morgan fingerprint density at radius 2 is 2.00 bits per heavy atom. The Hall–Kier alpha value is -2.87. The van der Waals surface area contributed by atoms with Crippen molar-refractivity contribution in [3.8, 4) is 10.6 Å². The zero-order chi connectivity index (χ0) is 19.1. The van der Waals surface area contributed by atoms with Gasteiger partial charge in [0.1, 0.15) is 5.01 Å². The summed E-state index contributed by atoms with van der Waals surface area (Å²) in [4.78, 5) is 29.3. The van der Waals surface area contributed by atoms with E-state index in [0.717, 1.165) is 27.7 Å². The monoisotopic (exact) mass is 382 g/mol. The van der Waals surface area contributed by atoms with Crippen LogP contribution in [0.3, 0.4) is 0 Å². The molecule has 8 heteroatoms. The van der Waals surface area contributed by atoms with Gasteiger partial charge in [-0.3, -0.25) is 9.78 Å². The predicted octanol–water partition coefficient (Wildman–Crippen LogP) is 3.12. The predicted molar refractivity (Wildman–Crippen MR) is 106 cm³/mol. The second-order valence-corrected chi connectivity index (χ2v) is 7.03. The summed E-state index contributed by atoms with van der Waals surface area (Å²) in [6.45, 7) is 4.96. The van der Waals surface area contributed by atoms with Gasteiger partial charge in [0, 0.05) is 47.7 Å². The molecule has 140 valence electrons. The van der Waals surface area contributed by atoms with E-state index < -0.39 is 0 Å². The number of anilines is 1. The average Bonchev–Trinajstić information content (AvgIpc) is 3.13. The van der Waals surface area contributed by atoms with Gasteiger partial charge in [-0.05, 0) is 38.5 Å². The van der Waals surface area contributed by atoms with Crippen LogP contribution in [0.4, 0.5) is 5.95 Å². The molecule has 0 saturated carbocycles. The van der Waals surface area contributed by atoms with Crippen LogP contribution in [0.25, 0.3) is 10.6 Å². The minimum absolute atomic E-state index is 0.00840. The molecule has 3 aromatic heterocycles. The molecule has 3 rings (SSSR count). The molecule has 0 fully saturated rings. The molecular weight excluding hydrogens is 360 g/mol. The third-order valence-electron chi connectivity index (χ3n) is 3.77. The third-order valence-corrected chi connectivity index (χ3v) is 4.71. The molecule has 3 aromatic rings. The number of aromatic nitrogens is 4. The van der Waals surface area contributed by atoms with E-state index in [-0.39, 0.29) is 5.91 Å². The Bertz CT molecular complexity index is 876. The average molecular weight is 382 g/mol. The van der Waals surface area contributed by atoms with Crippen LogP contribution in [0.5, 0.6) is 0 Å². The number of thiazole rings is 1. The summed E-state index contributed by atoms with van der Waals surface area (Å²) in [7, 11) is 0. The summed E-state index contributed by atoms with van der Waals surface area (Å²) >= 11 is 1.55. The number of amides is 1. The Morgan fingerprint density at radius 1 is 1.19 bits per heavy atom. The van der Waals surface area contributed by atoms with Crippen molar-refractivity contribution in [1.82, 2.24) is 25.3 Å². The van der Waals surface area contributed by atoms with Crippen molar-refractivity contribution in [3.63, 3.8) is 0 Å². The van der Waals surface area contributed by atoms with Gasteiger partial charge in [0.15, 0.2) is 0 Å². The molecule has 3 heterocycles. The number of carbonyl (C=O) groups excluding carboxylic acids is 1. The highest BCUT2D eigenvalue weighted by atomic mass is 32.1. The van der Waals surface area contributed by atoms with Crippen molar-refractivity contribution >= 4 is 23.2 Å². The van der Waals surface area contributed by atoms with Gasteiger partial charge in [0.2, 0.25) is 11.9 Å². The molecule has 0 aliphatic carbocycles. The molecule has 2 N–H and O–H groups in total. The third kappa shape index (κ3) is 5.82. The standard InChI is InChI=1S/C19H22N6OS/c1-13-9-14(2)24-19(23-13)21-8-4-6-17(26)22-11-16-12-27-18(25-16)15-5-3-7-20-10-15/h3,5,7,9-10,12H,4,6,8,11H2,1-2H3,(H,22,26)(H,21,23,24). The molecule has 7 nitrogen and oxygen atoms in total. The molecule has 27 heavy (non-hydrogen) atoms. The zero-order valence-corrected chi connectivity index (χ0v) is 16.2. The normalized spacial score (nSPS) is 10.6. The Kier molecular flexibility index (Phi) is 6.43. The zero-order valence-electron chi connectivity index (χ0n) is 15.4. The highest BCUT2D eigenvalue weighted by Crippen LogP contribution is 2.22. The van der Waals surface area contributed by atoms with E-state index >= 15 is 0 Å². The van der Waals surface area contributed by atoms with Gasteiger partial charge in [-0.1, -0.05) is 0 Å². The highest BCUT2D eigenvalue weighted by molar-refractivity contribution is 7.13. The summed E-state index contributed by atoms with van der Waals surface area (Å²) in [6, 6.07) is 5.78. The number of rotatable bonds is 8. The van der Waals surface area contributed by atoms with Crippen LogP contribution >= 0.6 is 11.3 Å². The van der Waals surface area contributed by atoms with Crippen LogP contribution in [-0.4, -0.2) is 32.4 Å². The van der Waals surface area contributed by atoms with E-state index in [9.17, 15) is 4.79 Å². The van der Waals surface area contributed by atoms with Crippen molar-refractivity contribution in [2.24, 2.45) is 0 Å². The number of pyridine rings is 1. The Morgan fingerprint density at radius 3 is 2.74 bits per heavy atom. The molecule has 1 amide bonds. The van der Waals surface area contributed by atoms with Crippen LogP contribution in [0.15, 0.2) is 36.0 Å². The fraction of sp³-hybridized carbons (Fsp3) is 0.316. The maximum atomic E-state index is 12.0. The van der Waals surface area contributed by atoms with E-state index in [1.54, 1.807) is 23.7 Å². The van der Waals surface area contributed by atoms with Crippen molar-refractivity contribution in [1.29, 1.82) is 0 Å². The van der Waals surface area contributed by atoms with Crippen LogP contribution in [0.1, 0.15) is 29.9 Å². The van der Waals surface area contributed by atoms with Gasteiger partial charge >= 0.3 is 0 Å². The molecule has 0 radical (unpaired) electrons. The molecule has 0 spiro atoms. The summed E-state index contributed by atoms with van der Waals surface area (Å²) in [5.74, 6) is 0.618. The Labute approximate surface area is 162 Å². The lowest BCUT2D eigenvalue weighted by molar-refractivity contribution is -0.121. The van der Waals surface area contributed by atoms with Crippen LogP contribution < -0.4 is 10.6 Å². The second-order valence-electron chi connectivity index (χ2n) is 6.17. The maximum Gasteiger partial charge on any atom is 0.223 e. The number of carbonyl (C=O) groups is 1. The first-order chi connectivity index (χ1) is 13.1. The molecule has 0 unspecified atom stereocenters. The maximum absolute atomic E-state index is 12.0. The minimum atomic E-state index is 0.00840. The first kappa shape index (κ1) is 18.9. The quantitative estimate of drug-likeness (QED) is 0.582. The second kappa shape index (κ2) is 9.18. The molecule has 0 saturated heterocycles.